The van der Waals surface area contributed by atoms with E-state index in [4.69, 9.17) is 10.5 Å². The number of halogens is 1. The Labute approximate surface area is 189 Å². The van der Waals surface area contributed by atoms with Crippen molar-refractivity contribution in [3.05, 3.63) is 70.3 Å². The minimum absolute atomic E-state index is 0.0654. The first kappa shape index (κ1) is 22.6. The van der Waals surface area contributed by atoms with Gasteiger partial charge in [0, 0.05) is 24.9 Å². The smallest absolute Gasteiger partial charge is 0.273 e. The summed E-state index contributed by atoms with van der Waals surface area (Å²) in [4.78, 5) is 32.3. The van der Waals surface area contributed by atoms with Crippen LogP contribution >= 0.6 is 0 Å². The lowest BCUT2D eigenvalue weighted by Gasteiger charge is -2.29. The summed E-state index contributed by atoms with van der Waals surface area (Å²) < 4.78 is 43.8. The summed E-state index contributed by atoms with van der Waals surface area (Å²) in [7, 11) is -3.46. The number of ether oxygens (including phenoxy) is 1. The molecule has 2 aromatic carbocycles. The highest BCUT2D eigenvalue weighted by Crippen LogP contribution is 2.26. The Hall–Kier alpha value is -3.57. The highest BCUT2D eigenvalue weighted by Gasteiger charge is 2.27. The van der Waals surface area contributed by atoms with Crippen molar-refractivity contribution in [3.8, 4) is 17.1 Å². The number of carbonyl (C=O) groups excluding carboxylic acids is 1. The van der Waals surface area contributed by atoms with Gasteiger partial charge in [-0.3, -0.25) is 14.2 Å². The number of nitrogens with two attached hydrogens (primary N) is 1. The van der Waals surface area contributed by atoms with Crippen LogP contribution < -0.4 is 16.2 Å². The standard InChI is InChI=1S/C22H21FN4O5S/c1-33(30,31)17-8-6-16(7-9-17)27-20(14-2-4-15(23)5-3-14)25-21(18(19(24)28)22(27)29)26-10-12-32-13-11-26/h2-9H,10-13H2,1H3,(H2,24,28). The van der Waals surface area contributed by atoms with E-state index in [9.17, 15) is 22.4 Å². The fourth-order valence-corrected chi connectivity index (χ4v) is 4.23. The number of morpholine rings is 1. The quantitative estimate of drug-likeness (QED) is 0.595. The molecular weight excluding hydrogens is 451 g/mol. The molecule has 2 heterocycles. The number of nitrogens with zero attached hydrogens (tertiary/aromatic N) is 3. The number of amides is 1. The number of primary amides is 1. The third kappa shape index (κ3) is 4.50. The van der Waals surface area contributed by atoms with E-state index in [-0.39, 0.29) is 27.8 Å². The topological polar surface area (TPSA) is 125 Å². The maximum atomic E-state index is 13.6. The van der Waals surface area contributed by atoms with Crippen molar-refractivity contribution < 1.29 is 22.3 Å². The molecule has 1 amide bonds. The van der Waals surface area contributed by atoms with Crippen LogP contribution in [0.4, 0.5) is 10.2 Å². The maximum Gasteiger partial charge on any atom is 0.273 e. The van der Waals surface area contributed by atoms with Gasteiger partial charge < -0.3 is 15.4 Å². The molecule has 0 bridgehead atoms. The lowest BCUT2D eigenvalue weighted by Crippen LogP contribution is -2.41. The molecule has 172 valence electrons. The van der Waals surface area contributed by atoms with Crippen molar-refractivity contribution in [2.24, 2.45) is 5.73 Å². The Morgan fingerprint density at radius 3 is 2.21 bits per heavy atom. The number of hydrogen-bond donors (Lipinski definition) is 1. The molecule has 3 aromatic rings. The van der Waals surface area contributed by atoms with Gasteiger partial charge in [-0.25, -0.2) is 17.8 Å². The Morgan fingerprint density at radius 1 is 1.06 bits per heavy atom. The van der Waals surface area contributed by atoms with Crippen LogP contribution in [0, 0.1) is 5.82 Å². The highest BCUT2D eigenvalue weighted by molar-refractivity contribution is 7.90. The summed E-state index contributed by atoms with van der Waals surface area (Å²) in [6.07, 6.45) is 1.07. The van der Waals surface area contributed by atoms with Gasteiger partial charge in [0.05, 0.1) is 23.8 Å². The molecule has 4 rings (SSSR count). The first-order valence-corrected chi connectivity index (χ1v) is 11.9. The Kier molecular flexibility index (Phi) is 6.00. The second-order valence-corrected chi connectivity index (χ2v) is 9.53. The molecule has 33 heavy (non-hydrogen) atoms. The lowest BCUT2D eigenvalue weighted by atomic mass is 10.1. The van der Waals surface area contributed by atoms with Crippen molar-refractivity contribution >= 4 is 21.6 Å². The number of anilines is 1. The molecule has 0 radical (unpaired) electrons. The Morgan fingerprint density at radius 2 is 1.67 bits per heavy atom. The maximum absolute atomic E-state index is 13.6. The van der Waals surface area contributed by atoms with E-state index in [2.05, 4.69) is 4.98 Å². The number of aromatic nitrogens is 2. The van der Waals surface area contributed by atoms with Crippen molar-refractivity contribution in [2.75, 3.05) is 37.5 Å². The predicted octanol–water partition coefficient (Wildman–Crippen LogP) is 1.38. The van der Waals surface area contributed by atoms with E-state index >= 15 is 0 Å². The highest BCUT2D eigenvalue weighted by atomic mass is 32.2. The average Bonchev–Trinajstić information content (AvgIpc) is 2.79. The van der Waals surface area contributed by atoms with Crippen molar-refractivity contribution in [1.82, 2.24) is 9.55 Å². The van der Waals surface area contributed by atoms with Crippen molar-refractivity contribution in [2.45, 2.75) is 4.90 Å². The second-order valence-electron chi connectivity index (χ2n) is 7.51. The molecule has 1 aromatic heterocycles. The zero-order chi connectivity index (χ0) is 23.8. The summed E-state index contributed by atoms with van der Waals surface area (Å²) >= 11 is 0. The molecule has 0 atom stereocenters. The monoisotopic (exact) mass is 472 g/mol. The number of benzene rings is 2. The first-order chi connectivity index (χ1) is 15.7. The minimum Gasteiger partial charge on any atom is -0.378 e. The number of hydrogen-bond acceptors (Lipinski definition) is 7. The number of carbonyl (C=O) groups is 1. The summed E-state index contributed by atoms with van der Waals surface area (Å²) in [5.74, 6) is -1.13. The van der Waals surface area contributed by atoms with Crippen LogP contribution in [-0.2, 0) is 14.6 Å². The molecule has 1 aliphatic rings. The zero-order valence-electron chi connectivity index (χ0n) is 17.7. The average molecular weight is 472 g/mol. The van der Waals surface area contributed by atoms with Crippen LogP contribution in [0.15, 0.2) is 58.2 Å². The van der Waals surface area contributed by atoms with Crippen LogP contribution in [-0.4, -0.2) is 56.4 Å². The van der Waals surface area contributed by atoms with Gasteiger partial charge in [0.1, 0.15) is 23.0 Å². The van der Waals surface area contributed by atoms with Crippen LogP contribution in [0.3, 0.4) is 0 Å². The van der Waals surface area contributed by atoms with E-state index < -0.39 is 27.1 Å². The summed E-state index contributed by atoms with van der Waals surface area (Å²) in [5.41, 5.74) is 5.26. The van der Waals surface area contributed by atoms with E-state index in [1.54, 1.807) is 4.90 Å². The molecule has 2 N–H and O–H groups in total. The van der Waals surface area contributed by atoms with Crippen LogP contribution in [0.2, 0.25) is 0 Å². The van der Waals surface area contributed by atoms with Crippen LogP contribution in [0.25, 0.3) is 17.1 Å². The van der Waals surface area contributed by atoms with Crippen molar-refractivity contribution in [3.63, 3.8) is 0 Å². The molecule has 9 nitrogen and oxygen atoms in total. The molecule has 1 fully saturated rings. The van der Waals surface area contributed by atoms with Gasteiger partial charge >= 0.3 is 0 Å². The van der Waals surface area contributed by atoms with Gasteiger partial charge in [-0.2, -0.15) is 0 Å². The molecule has 1 saturated heterocycles. The fourth-order valence-electron chi connectivity index (χ4n) is 3.60. The second kappa shape index (κ2) is 8.75. The summed E-state index contributed by atoms with van der Waals surface area (Å²) in [6.45, 7) is 1.59. The number of rotatable bonds is 5. The predicted molar refractivity (Wildman–Crippen MR) is 120 cm³/mol. The lowest BCUT2D eigenvalue weighted by molar-refractivity contribution is 0.0996. The van der Waals surface area contributed by atoms with E-state index in [0.29, 0.717) is 31.9 Å². The largest absolute Gasteiger partial charge is 0.378 e. The molecule has 0 saturated carbocycles. The van der Waals surface area contributed by atoms with Gasteiger partial charge in [0.25, 0.3) is 11.5 Å². The molecule has 0 aliphatic carbocycles. The van der Waals surface area contributed by atoms with Gasteiger partial charge in [-0.1, -0.05) is 0 Å². The third-order valence-electron chi connectivity index (χ3n) is 5.25. The van der Waals surface area contributed by atoms with Crippen LogP contribution in [0.5, 0.6) is 0 Å². The van der Waals surface area contributed by atoms with E-state index in [1.807, 2.05) is 0 Å². The molecule has 11 heteroatoms. The summed E-state index contributed by atoms with van der Waals surface area (Å²) in [6, 6.07) is 11.0. The Bertz CT molecular complexity index is 1360. The van der Waals surface area contributed by atoms with Crippen LogP contribution in [0.1, 0.15) is 10.4 Å². The van der Waals surface area contributed by atoms with Gasteiger partial charge in [0.2, 0.25) is 0 Å². The van der Waals surface area contributed by atoms with Gasteiger partial charge in [-0.15, -0.1) is 0 Å². The molecule has 0 spiro atoms. The normalized spacial score (nSPS) is 14.3. The van der Waals surface area contributed by atoms with Gasteiger partial charge in [0.15, 0.2) is 9.84 Å². The SMILES string of the molecule is CS(=O)(=O)c1ccc(-n2c(-c3ccc(F)cc3)nc(N3CCOCC3)c(C(N)=O)c2=O)cc1. The molecule has 0 unspecified atom stereocenters. The van der Waals surface area contributed by atoms with E-state index in [0.717, 1.165) is 6.26 Å². The minimum atomic E-state index is -3.46. The zero-order valence-corrected chi connectivity index (χ0v) is 18.5. The van der Waals surface area contributed by atoms with E-state index in [1.165, 1.54) is 53.1 Å². The Balaban J connectivity index is 2.01. The third-order valence-corrected chi connectivity index (χ3v) is 6.38. The van der Waals surface area contributed by atoms with Gasteiger partial charge in [-0.05, 0) is 48.5 Å². The van der Waals surface area contributed by atoms with Crippen molar-refractivity contribution in [1.29, 1.82) is 0 Å². The molecular formula is C22H21FN4O5S. The summed E-state index contributed by atoms with van der Waals surface area (Å²) in [5, 5.41) is 0. The number of sulfone groups is 1. The molecule has 1 aliphatic heterocycles. The fraction of sp³-hybridized carbons (Fsp3) is 0.227. The first-order valence-electron chi connectivity index (χ1n) is 10.0.